The molecule has 1 amide bonds. The fourth-order valence-electron chi connectivity index (χ4n) is 2.57. The molecule has 0 aromatic rings. The highest BCUT2D eigenvalue weighted by Crippen LogP contribution is 2.34. The molecule has 0 aromatic carbocycles. The molecule has 0 aliphatic carbocycles. The number of rotatable bonds is 2. The first-order valence-electron chi connectivity index (χ1n) is 5.88. The normalized spacial score (nSPS) is 31.1. The maximum atomic E-state index is 11.7. The molecule has 2 rings (SSSR count). The van der Waals surface area contributed by atoms with Crippen LogP contribution in [0.25, 0.3) is 0 Å². The van der Waals surface area contributed by atoms with E-state index in [4.69, 9.17) is 10.5 Å². The summed E-state index contributed by atoms with van der Waals surface area (Å²) in [5, 5.41) is 0. The fraction of sp³-hybridized carbons (Fsp3) is 0.909. The summed E-state index contributed by atoms with van der Waals surface area (Å²) in [4.78, 5) is 13.6. The maximum absolute atomic E-state index is 11.7. The first-order valence-corrected chi connectivity index (χ1v) is 5.88. The molecular formula is C11H20N2O2. The zero-order valence-corrected chi connectivity index (χ0v) is 9.21. The Kier molecular flexibility index (Phi) is 3.26. The van der Waals surface area contributed by atoms with E-state index in [2.05, 4.69) is 0 Å². The van der Waals surface area contributed by atoms with Crippen LogP contribution in [0.15, 0.2) is 0 Å². The van der Waals surface area contributed by atoms with Crippen molar-refractivity contribution >= 4 is 5.91 Å². The van der Waals surface area contributed by atoms with Crippen LogP contribution in [0.2, 0.25) is 0 Å². The van der Waals surface area contributed by atoms with Crippen LogP contribution in [0.5, 0.6) is 0 Å². The molecular weight excluding hydrogens is 192 g/mol. The van der Waals surface area contributed by atoms with Crippen LogP contribution in [0, 0.1) is 0 Å². The molecule has 0 radical (unpaired) electrons. The Labute approximate surface area is 90.8 Å². The number of carbonyl (C=O) groups excluding carboxylic acids is 1. The molecule has 2 fully saturated rings. The summed E-state index contributed by atoms with van der Waals surface area (Å²) >= 11 is 0. The zero-order valence-electron chi connectivity index (χ0n) is 9.21. The molecule has 2 aliphatic rings. The average molecular weight is 212 g/mol. The Balaban J connectivity index is 1.90. The minimum atomic E-state index is -0.0114. The summed E-state index contributed by atoms with van der Waals surface area (Å²) in [5.74, 6) is 0.184. The van der Waals surface area contributed by atoms with Crippen molar-refractivity contribution < 1.29 is 9.53 Å². The van der Waals surface area contributed by atoms with Gasteiger partial charge in [0, 0.05) is 32.7 Å². The molecule has 4 nitrogen and oxygen atoms in total. The summed E-state index contributed by atoms with van der Waals surface area (Å²) < 4.78 is 5.86. The van der Waals surface area contributed by atoms with E-state index in [1.807, 2.05) is 4.90 Å². The number of nitrogens with zero attached hydrogens (tertiary/aromatic N) is 1. The van der Waals surface area contributed by atoms with Gasteiger partial charge in [-0.1, -0.05) is 0 Å². The third kappa shape index (κ3) is 2.32. The lowest BCUT2D eigenvalue weighted by Gasteiger charge is -2.33. The number of hydrogen-bond donors (Lipinski definition) is 1. The molecule has 0 aromatic heterocycles. The van der Waals surface area contributed by atoms with Gasteiger partial charge < -0.3 is 15.4 Å². The minimum absolute atomic E-state index is 0.0114. The van der Waals surface area contributed by atoms with Crippen LogP contribution in [0.4, 0.5) is 0 Å². The largest absolute Gasteiger partial charge is 0.373 e. The summed E-state index contributed by atoms with van der Waals surface area (Å²) in [5.41, 5.74) is 5.38. The van der Waals surface area contributed by atoms with Gasteiger partial charge in [-0.25, -0.2) is 0 Å². The van der Waals surface area contributed by atoms with E-state index in [-0.39, 0.29) is 11.5 Å². The maximum Gasteiger partial charge on any atom is 0.223 e. The molecule has 2 saturated heterocycles. The van der Waals surface area contributed by atoms with E-state index in [9.17, 15) is 4.79 Å². The molecule has 2 heterocycles. The van der Waals surface area contributed by atoms with Gasteiger partial charge in [-0.3, -0.25) is 4.79 Å². The van der Waals surface area contributed by atoms with Gasteiger partial charge in [0.25, 0.3) is 0 Å². The van der Waals surface area contributed by atoms with Crippen LogP contribution in [-0.2, 0) is 9.53 Å². The molecule has 1 spiro atoms. The Morgan fingerprint density at radius 2 is 2.27 bits per heavy atom. The van der Waals surface area contributed by atoms with Crippen molar-refractivity contribution in [1.29, 1.82) is 0 Å². The highest BCUT2D eigenvalue weighted by Gasteiger charge is 2.41. The lowest BCUT2D eigenvalue weighted by molar-refractivity contribution is -0.132. The van der Waals surface area contributed by atoms with Crippen molar-refractivity contribution in [1.82, 2.24) is 4.90 Å². The SMILES string of the molecule is NCCC(=O)N1CC[C@]2(CCCCO2)C1. The predicted octanol–water partition coefficient (Wildman–Crippen LogP) is 0.507. The number of ether oxygens (including phenoxy) is 1. The second kappa shape index (κ2) is 4.49. The molecule has 0 unspecified atom stereocenters. The summed E-state index contributed by atoms with van der Waals surface area (Å²) in [6.45, 7) is 2.94. The number of amides is 1. The van der Waals surface area contributed by atoms with Crippen molar-refractivity contribution in [3.63, 3.8) is 0 Å². The highest BCUT2D eigenvalue weighted by molar-refractivity contribution is 5.76. The highest BCUT2D eigenvalue weighted by atomic mass is 16.5. The zero-order chi connectivity index (χ0) is 10.7. The molecule has 0 saturated carbocycles. The van der Waals surface area contributed by atoms with Gasteiger partial charge >= 0.3 is 0 Å². The molecule has 2 N–H and O–H groups in total. The summed E-state index contributed by atoms with van der Waals surface area (Å²) in [6, 6.07) is 0. The molecule has 15 heavy (non-hydrogen) atoms. The van der Waals surface area contributed by atoms with Gasteiger partial charge in [0.05, 0.1) is 5.60 Å². The topological polar surface area (TPSA) is 55.6 Å². The second-order valence-electron chi connectivity index (χ2n) is 4.59. The number of hydrogen-bond acceptors (Lipinski definition) is 3. The predicted molar refractivity (Wildman–Crippen MR) is 57.4 cm³/mol. The average Bonchev–Trinajstić information content (AvgIpc) is 2.64. The van der Waals surface area contributed by atoms with E-state index in [1.165, 1.54) is 12.8 Å². The van der Waals surface area contributed by atoms with E-state index in [0.717, 1.165) is 32.5 Å². The Morgan fingerprint density at radius 1 is 1.40 bits per heavy atom. The van der Waals surface area contributed by atoms with Gasteiger partial charge in [-0.05, 0) is 25.7 Å². The summed E-state index contributed by atoms with van der Waals surface area (Å²) in [7, 11) is 0. The van der Waals surface area contributed by atoms with Crippen molar-refractivity contribution in [2.24, 2.45) is 5.73 Å². The first-order chi connectivity index (χ1) is 7.26. The third-order valence-corrected chi connectivity index (χ3v) is 3.46. The van der Waals surface area contributed by atoms with Gasteiger partial charge in [0.15, 0.2) is 0 Å². The van der Waals surface area contributed by atoms with Crippen molar-refractivity contribution in [2.45, 2.75) is 37.7 Å². The molecule has 1 atom stereocenters. The Hall–Kier alpha value is -0.610. The molecule has 0 bridgehead atoms. The molecule has 2 aliphatic heterocycles. The van der Waals surface area contributed by atoms with Crippen molar-refractivity contribution in [2.75, 3.05) is 26.2 Å². The van der Waals surface area contributed by atoms with E-state index in [0.29, 0.717) is 13.0 Å². The van der Waals surface area contributed by atoms with Crippen LogP contribution in [-0.4, -0.2) is 42.6 Å². The van der Waals surface area contributed by atoms with E-state index in [1.54, 1.807) is 0 Å². The van der Waals surface area contributed by atoms with Crippen molar-refractivity contribution in [3.05, 3.63) is 0 Å². The Morgan fingerprint density at radius 3 is 2.93 bits per heavy atom. The van der Waals surface area contributed by atoms with Crippen LogP contribution in [0.1, 0.15) is 32.1 Å². The van der Waals surface area contributed by atoms with Crippen molar-refractivity contribution in [3.8, 4) is 0 Å². The quantitative estimate of drug-likeness (QED) is 0.725. The summed E-state index contributed by atoms with van der Waals surface area (Å²) in [6.07, 6.45) is 4.98. The number of likely N-dealkylation sites (tertiary alicyclic amines) is 1. The first kappa shape index (κ1) is 10.9. The van der Waals surface area contributed by atoms with Crippen LogP contribution in [0.3, 0.4) is 0 Å². The number of carbonyl (C=O) groups is 1. The minimum Gasteiger partial charge on any atom is -0.373 e. The fourth-order valence-corrected chi connectivity index (χ4v) is 2.57. The van der Waals surface area contributed by atoms with Crippen LogP contribution < -0.4 is 5.73 Å². The van der Waals surface area contributed by atoms with Gasteiger partial charge in [0.1, 0.15) is 0 Å². The molecule has 4 heteroatoms. The number of nitrogens with two attached hydrogens (primary N) is 1. The molecule has 86 valence electrons. The smallest absolute Gasteiger partial charge is 0.223 e. The van der Waals surface area contributed by atoms with Gasteiger partial charge in [-0.2, -0.15) is 0 Å². The van der Waals surface area contributed by atoms with E-state index < -0.39 is 0 Å². The van der Waals surface area contributed by atoms with Crippen LogP contribution >= 0.6 is 0 Å². The second-order valence-corrected chi connectivity index (χ2v) is 4.59. The standard InChI is InChI=1S/C11H20N2O2/c12-6-3-10(14)13-7-5-11(9-13)4-1-2-8-15-11/h1-9,12H2/t11-/m1/s1. The lowest BCUT2D eigenvalue weighted by Crippen LogP contribution is -2.41. The van der Waals surface area contributed by atoms with Gasteiger partial charge in [-0.15, -0.1) is 0 Å². The van der Waals surface area contributed by atoms with Gasteiger partial charge in [0.2, 0.25) is 5.91 Å². The lowest BCUT2D eigenvalue weighted by atomic mass is 9.93. The monoisotopic (exact) mass is 212 g/mol. The van der Waals surface area contributed by atoms with E-state index >= 15 is 0 Å². The Bertz CT molecular complexity index is 237. The third-order valence-electron chi connectivity index (χ3n) is 3.46.